The summed E-state index contributed by atoms with van der Waals surface area (Å²) >= 11 is 3.14. The van der Waals surface area contributed by atoms with Crippen LogP contribution in [0.25, 0.3) is 0 Å². The zero-order valence-electron chi connectivity index (χ0n) is 9.43. The highest BCUT2D eigenvalue weighted by atomic mass is 79.9. The summed E-state index contributed by atoms with van der Waals surface area (Å²) in [5.41, 5.74) is 0. The maximum atomic E-state index is 10.6. The van der Waals surface area contributed by atoms with E-state index in [2.05, 4.69) is 26.3 Å². The molecule has 1 atom stereocenters. The van der Waals surface area contributed by atoms with Crippen molar-refractivity contribution in [1.29, 1.82) is 0 Å². The molecule has 0 bridgehead atoms. The van der Waals surface area contributed by atoms with E-state index in [-0.39, 0.29) is 5.82 Å². The van der Waals surface area contributed by atoms with E-state index in [0.717, 1.165) is 13.0 Å². The predicted molar refractivity (Wildman–Crippen MR) is 66.8 cm³/mol. The van der Waals surface area contributed by atoms with E-state index < -0.39 is 4.92 Å². The number of halogens is 1. The second-order valence-corrected chi connectivity index (χ2v) is 5.11. The first-order valence-electron chi connectivity index (χ1n) is 5.77. The van der Waals surface area contributed by atoms with E-state index in [9.17, 15) is 10.1 Å². The molecular weight excluding hydrogens is 288 g/mol. The number of rotatable bonds is 4. The maximum absolute atomic E-state index is 10.6. The van der Waals surface area contributed by atoms with Crippen molar-refractivity contribution in [1.82, 2.24) is 15.1 Å². The lowest BCUT2D eigenvalue weighted by atomic mass is 10.0. The van der Waals surface area contributed by atoms with Crippen molar-refractivity contribution in [2.75, 3.05) is 6.54 Å². The third-order valence-corrected chi connectivity index (χ3v) is 3.55. The fraction of sp³-hybridized carbons (Fsp3) is 0.700. The third-order valence-electron chi connectivity index (χ3n) is 2.99. The van der Waals surface area contributed by atoms with Gasteiger partial charge in [-0.25, -0.2) is 0 Å². The van der Waals surface area contributed by atoms with Crippen molar-refractivity contribution in [3.05, 3.63) is 20.8 Å². The summed E-state index contributed by atoms with van der Waals surface area (Å²) in [5.74, 6) is -0.110. The minimum atomic E-state index is -0.473. The summed E-state index contributed by atoms with van der Waals surface area (Å²) in [4.78, 5) is 10.2. The fourth-order valence-electron chi connectivity index (χ4n) is 2.08. The van der Waals surface area contributed by atoms with E-state index in [1.54, 1.807) is 10.9 Å². The second kappa shape index (κ2) is 5.59. The molecule has 1 fully saturated rings. The maximum Gasteiger partial charge on any atom is 0.404 e. The zero-order valence-corrected chi connectivity index (χ0v) is 11.0. The van der Waals surface area contributed by atoms with E-state index in [1.807, 2.05) is 0 Å². The summed E-state index contributed by atoms with van der Waals surface area (Å²) in [6.07, 6.45) is 6.33. The Morgan fingerprint density at radius 3 is 3.06 bits per heavy atom. The predicted octanol–water partition coefficient (Wildman–Crippen LogP) is 2.09. The molecule has 1 unspecified atom stereocenters. The summed E-state index contributed by atoms with van der Waals surface area (Å²) in [6, 6.07) is 0.519. The summed E-state index contributed by atoms with van der Waals surface area (Å²) in [5, 5.41) is 18.0. The number of aromatic nitrogens is 2. The molecule has 1 saturated heterocycles. The molecule has 0 amide bonds. The zero-order chi connectivity index (χ0) is 12.3. The fourth-order valence-corrected chi connectivity index (χ4v) is 2.54. The Hall–Kier alpha value is -0.950. The van der Waals surface area contributed by atoms with Gasteiger partial charge in [0, 0.05) is 6.04 Å². The van der Waals surface area contributed by atoms with Gasteiger partial charge in [0.2, 0.25) is 0 Å². The van der Waals surface area contributed by atoms with E-state index in [0.29, 0.717) is 17.1 Å². The van der Waals surface area contributed by atoms with Crippen molar-refractivity contribution in [3.63, 3.8) is 0 Å². The molecule has 1 aliphatic heterocycles. The molecule has 94 valence electrons. The van der Waals surface area contributed by atoms with Crippen LogP contribution in [0.5, 0.6) is 0 Å². The van der Waals surface area contributed by atoms with Crippen LogP contribution in [0.3, 0.4) is 0 Å². The van der Waals surface area contributed by atoms with Gasteiger partial charge < -0.3 is 15.4 Å². The van der Waals surface area contributed by atoms with Gasteiger partial charge in [0.05, 0.1) is 17.8 Å². The number of nitrogens with one attached hydrogen (secondary N) is 1. The van der Waals surface area contributed by atoms with Crippen LogP contribution >= 0.6 is 15.9 Å². The molecule has 2 heterocycles. The van der Waals surface area contributed by atoms with Crippen molar-refractivity contribution in [2.24, 2.45) is 0 Å². The van der Waals surface area contributed by atoms with Crippen LogP contribution in [-0.2, 0) is 6.54 Å². The molecule has 7 heteroatoms. The number of aryl methyl sites for hydroxylation is 1. The van der Waals surface area contributed by atoms with Gasteiger partial charge in [-0.05, 0) is 46.7 Å². The molecule has 17 heavy (non-hydrogen) atoms. The first-order valence-corrected chi connectivity index (χ1v) is 6.57. The van der Waals surface area contributed by atoms with Crippen LogP contribution in [0.1, 0.15) is 25.7 Å². The molecule has 0 aromatic carbocycles. The van der Waals surface area contributed by atoms with Crippen LogP contribution in [0, 0.1) is 10.1 Å². The Bertz CT molecular complexity index is 401. The molecule has 6 nitrogen and oxygen atoms in total. The summed E-state index contributed by atoms with van der Waals surface area (Å²) in [7, 11) is 0. The first kappa shape index (κ1) is 12.5. The molecule has 1 aliphatic rings. The molecule has 0 radical (unpaired) electrons. The molecule has 1 N–H and O–H groups in total. The highest BCUT2D eigenvalue weighted by molar-refractivity contribution is 9.10. The molecular formula is C10H15BrN4O2. The van der Waals surface area contributed by atoms with Crippen molar-refractivity contribution < 1.29 is 4.92 Å². The average molecular weight is 303 g/mol. The Balaban J connectivity index is 1.90. The monoisotopic (exact) mass is 302 g/mol. The van der Waals surface area contributed by atoms with Crippen LogP contribution in [-0.4, -0.2) is 27.3 Å². The van der Waals surface area contributed by atoms with Gasteiger partial charge in [-0.1, -0.05) is 6.42 Å². The number of nitro groups is 1. The molecule has 1 aromatic rings. The SMILES string of the molecule is O=[N+]([O-])c1nn(CCC2CCCCN2)cc1Br. The highest BCUT2D eigenvalue weighted by Gasteiger charge is 2.19. The van der Waals surface area contributed by atoms with Crippen LogP contribution in [0.15, 0.2) is 10.7 Å². The molecule has 2 rings (SSSR count). The van der Waals surface area contributed by atoms with Gasteiger partial charge in [-0.2, -0.15) is 4.68 Å². The second-order valence-electron chi connectivity index (χ2n) is 4.26. The minimum absolute atomic E-state index is 0.110. The Kier molecular flexibility index (Phi) is 4.11. The molecule has 0 aliphatic carbocycles. The van der Waals surface area contributed by atoms with Gasteiger partial charge >= 0.3 is 5.82 Å². The largest absolute Gasteiger partial charge is 0.404 e. The van der Waals surface area contributed by atoms with E-state index >= 15 is 0 Å². The van der Waals surface area contributed by atoms with Crippen LogP contribution in [0.2, 0.25) is 0 Å². The first-order chi connectivity index (χ1) is 8.16. The average Bonchev–Trinajstić information content (AvgIpc) is 2.69. The van der Waals surface area contributed by atoms with Gasteiger partial charge in [0.25, 0.3) is 0 Å². The van der Waals surface area contributed by atoms with Crippen LogP contribution in [0.4, 0.5) is 5.82 Å². The van der Waals surface area contributed by atoms with E-state index in [4.69, 9.17) is 0 Å². The Morgan fingerprint density at radius 2 is 2.47 bits per heavy atom. The highest BCUT2D eigenvalue weighted by Crippen LogP contribution is 2.22. The van der Waals surface area contributed by atoms with Gasteiger partial charge in [0.15, 0.2) is 0 Å². The summed E-state index contributed by atoms with van der Waals surface area (Å²) in [6.45, 7) is 1.79. The topological polar surface area (TPSA) is 73.0 Å². The smallest absolute Gasteiger partial charge is 0.358 e. The van der Waals surface area contributed by atoms with Gasteiger partial charge in [-0.15, -0.1) is 0 Å². The van der Waals surface area contributed by atoms with Crippen molar-refractivity contribution in [2.45, 2.75) is 38.3 Å². The number of hydrogen-bond acceptors (Lipinski definition) is 4. The molecule has 0 saturated carbocycles. The van der Waals surface area contributed by atoms with Crippen molar-refractivity contribution in [3.8, 4) is 0 Å². The lowest BCUT2D eigenvalue weighted by Crippen LogP contribution is -2.34. The Labute approximate surface area is 108 Å². The third kappa shape index (κ3) is 3.26. The van der Waals surface area contributed by atoms with E-state index in [1.165, 1.54) is 19.3 Å². The molecule has 1 aromatic heterocycles. The van der Waals surface area contributed by atoms with Crippen molar-refractivity contribution >= 4 is 21.7 Å². The number of nitrogens with zero attached hydrogens (tertiary/aromatic N) is 3. The van der Waals surface area contributed by atoms with Gasteiger partial charge in [-0.3, -0.25) is 0 Å². The number of piperidine rings is 1. The lowest BCUT2D eigenvalue weighted by Gasteiger charge is -2.22. The summed E-state index contributed by atoms with van der Waals surface area (Å²) < 4.78 is 2.08. The lowest BCUT2D eigenvalue weighted by molar-refractivity contribution is -0.390. The number of hydrogen-bond donors (Lipinski definition) is 1. The molecule has 0 spiro atoms. The normalized spacial score (nSPS) is 20.4. The van der Waals surface area contributed by atoms with Gasteiger partial charge in [0.1, 0.15) is 4.47 Å². The standard InChI is InChI=1S/C10H15BrN4O2/c11-9-7-14(13-10(9)15(16)17)6-4-8-3-1-2-5-12-8/h7-8,12H,1-6H2. The Morgan fingerprint density at radius 1 is 1.65 bits per heavy atom. The quantitative estimate of drug-likeness (QED) is 0.683. The van der Waals surface area contributed by atoms with Crippen LogP contribution < -0.4 is 5.32 Å². The minimum Gasteiger partial charge on any atom is -0.358 e.